The van der Waals surface area contributed by atoms with Gasteiger partial charge in [-0.2, -0.15) is 4.31 Å². The molecule has 8 heteroatoms. The number of aliphatic carboxylic acids is 1. The Balaban J connectivity index is 2.71. The van der Waals surface area contributed by atoms with Crippen molar-refractivity contribution in [2.75, 3.05) is 13.1 Å². The van der Waals surface area contributed by atoms with Crippen LogP contribution in [0.4, 0.5) is 0 Å². The summed E-state index contributed by atoms with van der Waals surface area (Å²) >= 11 is 0. The van der Waals surface area contributed by atoms with Crippen molar-refractivity contribution in [3.05, 3.63) is 0 Å². The lowest BCUT2D eigenvalue weighted by atomic mass is 10.2. The molecule has 0 aliphatic carbocycles. The normalized spacial score (nSPS) is 23.8. The molecule has 0 radical (unpaired) electrons. The van der Waals surface area contributed by atoms with Crippen LogP contribution in [-0.4, -0.2) is 53.7 Å². The number of ether oxygens (including phenoxy) is 1. The lowest BCUT2D eigenvalue weighted by molar-refractivity contribution is -0.154. The van der Waals surface area contributed by atoms with Gasteiger partial charge in [-0.25, -0.2) is 8.42 Å². The smallest absolute Gasteiger partial charge is 0.323 e. The van der Waals surface area contributed by atoms with Gasteiger partial charge in [0.05, 0.1) is 0 Å². The van der Waals surface area contributed by atoms with Gasteiger partial charge in [-0.1, -0.05) is 0 Å². The maximum absolute atomic E-state index is 11.8. The van der Waals surface area contributed by atoms with Gasteiger partial charge in [0, 0.05) is 6.54 Å². The summed E-state index contributed by atoms with van der Waals surface area (Å²) in [6.45, 7) is 4.60. The molecule has 1 unspecified atom stereocenters. The van der Waals surface area contributed by atoms with Crippen LogP contribution in [0, 0.1) is 0 Å². The van der Waals surface area contributed by atoms with Crippen LogP contribution in [0.3, 0.4) is 0 Å². The van der Waals surface area contributed by atoms with Crippen molar-refractivity contribution in [1.82, 2.24) is 4.31 Å². The zero-order valence-electron chi connectivity index (χ0n) is 10.5. The molecule has 1 saturated heterocycles. The zero-order valence-corrected chi connectivity index (χ0v) is 11.4. The zero-order chi connectivity index (χ0) is 14.1. The quantitative estimate of drug-likeness (QED) is 0.719. The van der Waals surface area contributed by atoms with E-state index in [4.69, 9.17) is 9.84 Å². The molecular weight excluding hydrogens is 262 g/mol. The highest BCUT2D eigenvalue weighted by Crippen LogP contribution is 2.22. The third-order valence-corrected chi connectivity index (χ3v) is 4.55. The SMILES string of the molecule is CC(C)(C)OC(=O)CN1CCC(C(=O)O)S1(=O)=O. The van der Waals surface area contributed by atoms with Gasteiger partial charge >= 0.3 is 11.9 Å². The van der Waals surface area contributed by atoms with Crippen LogP contribution in [-0.2, 0) is 24.3 Å². The van der Waals surface area contributed by atoms with E-state index in [1.807, 2.05) is 0 Å². The Morgan fingerprint density at radius 2 is 1.94 bits per heavy atom. The summed E-state index contributed by atoms with van der Waals surface area (Å²) < 4.78 is 29.4. The van der Waals surface area contributed by atoms with Gasteiger partial charge in [-0.05, 0) is 27.2 Å². The topological polar surface area (TPSA) is 101 Å². The number of sulfonamides is 1. The Morgan fingerprint density at radius 1 is 1.39 bits per heavy atom. The van der Waals surface area contributed by atoms with E-state index in [9.17, 15) is 18.0 Å². The summed E-state index contributed by atoms with van der Waals surface area (Å²) in [4.78, 5) is 22.3. The Bertz CT molecular complexity index is 449. The Kier molecular flexibility index (Phi) is 4.02. The average Bonchev–Trinajstić information content (AvgIpc) is 2.38. The van der Waals surface area contributed by atoms with Crippen LogP contribution in [0.2, 0.25) is 0 Å². The first kappa shape index (κ1) is 14.9. The Hall–Kier alpha value is -1.15. The summed E-state index contributed by atoms with van der Waals surface area (Å²) in [7, 11) is -3.94. The number of carboxylic acid groups (broad SMARTS) is 1. The van der Waals surface area contributed by atoms with E-state index < -0.39 is 39.4 Å². The van der Waals surface area contributed by atoms with Crippen molar-refractivity contribution in [1.29, 1.82) is 0 Å². The van der Waals surface area contributed by atoms with E-state index in [2.05, 4.69) is 0 Å². The fourth-order valence-corrected chi connectivity index (χ4v) is 3.32. The van der Waals surface area contributed by atoms with Crippen molar-refractivity contribution in [2.45, 2.75) is 38.0 Å². The van der Waals surface area contributed by atoms with Gasteiger partial charge < -0.3 is 9.84 Å². The first-order valence-corrected chi connectivity index (χ1v) is 6.98. The molecule has 0 aromatic carbocycles. The molecule has 1 aliphatic heterocycles. The lowest BCUT2D eigenvalue weighted by Crippen LogP contribution is -2.38. The van der Waals surface area contributed by atoms with Crippen molar-refractivity contribution < 1.29 is 27.9 Å². The van der Waals surface area contributed by atoms with Gasteiger partial charge in [0.1, 0.15) is 12.1 Å². The number of carboxylic acids is 1. The Labute approximate surface area is 106 Å². The van der Waals surface area contributed by atoms with Crippen LogP contribution in [0.15, 0.2) is 0 Å². The van der Waals surface area contributed by atoms with Gasteiger partial charge in [0.2, 0.25) is 10.0 Å². The van der Waals surface area contributed by atoms with E-state index in [0.29, 0.717) is 0 Å². The largest absolute Gasteiger partial charge is 0.480 e. The van der Waals surface area contributed by atoms with E-state index in [0.717, 1.165) is 4.31 Å². The third-order valence-electron chi connectivity index (χ3n) is 2.36. The molecule has 1 rings (SSSR count). The number of rotatable bonds is 3. The second-order valence-electron chi connectivity index (χ2n) is 5.08. The minimum atomic E-state index is -3.94. The monoisotopic (exact) mass is 279 g/mol. The number of nitrogens with zero attached hydrogens (tertiary/aromatic N) is 1. The van der Waals surface area contributed by atoms with Gasteiger partial charge in [0.25, 0.3) is 0 Å². The molecule has 0 aromatic heterocycles. The highest BCUT2D eigenvalue weighted by Gasteiger charge is 2.44. The van der Waals surface area contributed by atoms with Crippen LogP contribution >= 0.6 is 0 Å². The molecule has 7 nitrogen and oxygen atoms in total. The maximum atomic E-state index is 11.8. The molecular formula is C10H17NO6S. The molecule has 0 aromatic rings. The summed E-state index contributed by atoms with van der Waals surface area (Å²) in [5.41, 5.74) is -0.702. The fourth-order valence-electron chi connectivity index (χ4n) is 1.66. The number of carbonyl (C=O) groups is 2. The highest BCUT2D eigenvalue weighted by atomic mass is 32.2. The number of hydrogen-bond acceptors (Lipinski definition) is 5. The predicted molar refractivity (Wildman–Crippen MR) is 62.4 cm³/mol. The van der Waals surface area contributed by atoms with Crippen LogP contribution in [0.25, 0.3) is 0 Å². The molecule has 0 amide bonds. The molecule has 1 N–H and O–H groups in total. The van der Waals surface area contributed by atoms with Crippen LogP contribution in [0.1, 0.15) is 27.2 Å². The number of hydrogen-bond donors (Lipinski definition) is 1. The minimum absolute atomic E-state index is 0.0134. The van der Waals surface area contributed by atoms with Gasteiger partial charge in [0.15, 0.2) is 5.25 Å². The molecule has 0 saturated carbocycles. The van der Waals surface area contributed by atoms with Gasteiger partial charge in [-0.3, -0.25) is 9.59 Å². The van der Waals surface area contributed by atoms with Crippen molar-refractivity contribution in [3.63, 3.8) is 0 Å². The maximum Gasteiger partial charge on any atom is 0.323 e. The standard InChI is InChI=1S/C10H17NO6S/c1-10(2,3)17-8(12)6-11-5-4-7(9(13)14)18(11,15)16/h7H,4-6H2,1-3H3,(H,13,14). The molecule has 0 bridgehead atoms. The van der Waals surface area contributed by atoms with E-state index >= 15 is 0 Å². The average molecular weight is 279 g/mol. The highest BCUT2D eigenvalue weighted by molar-refractivity contribution is 7.90. The second-order valence-corrected chi connectivity index (χ2v) is 7.20. The first-order chi connectivity index (χ1) is 8.04. The van der Waals surface area contributed by atoms with Crippen LogP contribution < -0.4 is 0 Å². The number of carbonyl (C=O) groups excluding carboxylic acids is 1. The molecule has 0 spiro atoms. The summed E-state index contributed by atoms with van der Waals surface area (Å²) in [5, 5.41) is 7.31. The van der Waals surface area contributed by atoms with E-state index in [1.165, 1.54) is 0 Å². The second kappa shape index (κ2) is 4.85. The molecule has 104 valence electrons. The summed E-state index contributed by atoms with van der Waals surface area (Å²) in [6.07, 6.45) is -0.0134. The predicted octanol–water partition coefficient (Wildman–Crippen LogP) is -0.183. The number of esters is 1. The molecule has 1 atom stereocenters. The summed E-state index contributed by atoms with van der Waals surface area (Å²) in [5.74, 6) is -2.07. The molecule has 1 heterocycles. The fraction of sp³-hybridized carbons (Fsp3) is 0.800. The van der Waals surface area contributed by atoms with Crippen LogP contribution in [0.5, 0.6) is 0 Å². The summed E-state index contributed by atoms with van der Waals surface area (Å²) in [6, 6.07) is 0. The lowest BCUT2D eigenvalue weighted by Gasteiger charge is -2.21. The molecule has 1 aliphatic rings. The minimum Gasteiger partial charge on any atom is -0.480 e. The van der Waals surface area contributed by atoms with Gasteiger partial charge in [-0.15, -0.1) is 0 Å². The van der Waals surface area contributed by atoms with Crippen molar-refractivity contribution >= 4 is 22.0 Å². The van der Waals surface area contributed by atoms with Crippen molar-refractivity contribution in [3.8, 4) is 0 Å². The van der Waals surface area contributed by atoms with E-state index in [-0.39, 0.29) is 13.0 Å². The van der Waals surface area contributed by atoms with Crippen molar-refractivity contribution in [2.24, 2.45) is 0 Å². The third kappa shape index (κ3) is 3.42. The molecule has 1 fully saturated rings. The van der Waals surface area contributed by atoms with E-state index in [1.54, 1.807) is 20.8 Å². The molecule has 18 heavy (non-hydrogen) atoms. The Morgan fingerprint density at radius 3 is 2.33 bits per heavy atom. The first-order valence-electron chi connectivity index (χ1n) is 5.47.